The van der Waals surface area contributed by atoms with Crippen LogP contribution in [0.4, 0.5) is 0 Å². The number of methoxy groups -OCH3 is 1. The molecule has 3 saturated heterocycles. The Balaban J connectivity index is 1.85. The smallest absolute Gasteiger partial charge is 0.254 e. The maximum Gasteiger partial charge on any atom is 0.254 e. The third-order valence-electron chi connectivity index (χ3n) is 4.31. The fourth-order valence-corrected chi connectivity index (χ4v) is 3.16. The lowest BCUT2D eigenvalue weighted by molar-refractivity contribution is -0.172. The van der Waals surface area contributed by atoms with E-state index in [4.69, 9.17) is 4.74 Å². The van der Waals surface area contributed by atoms with Gasteiger partial charge in [0.2, 0.25) is 5.91 Å². The van der Waals surface area contributed by atoms with Gasteiger partial charge < -0.3 is 14.5 Å². The van der Waals surface area contributed by atoms with Crippen LogP contribution in [0.5, 0.6) is 5.75 Å². The Hall–Kier alpha value is -2.63. The van der Waals surface area contributed by atoms with Crippen molar-refractivity contribution in [2.24, 2.45) is 0 Å². The van der Waals surface area contributed by atoms with Gasteiger partial charge in [0.1, 0.15) is 11.8 Å². The standard InChI is InChI=1S/C17H18N2O4/c1-3-8-18-13-9-14(20)15(17(18)22)19(16(13)21)10-11-4-6-12(23-2)7-5-11/h3-7,13,15H,1,8-10H2,2H3/t13-,15-/m0/s1. The molecule has 2 bridgehead atoms. The van der Waals surface area contributed by atoms with Gasteiger partial charge in [0.15, 0.2) is 11.8 Å². The summed E-state index contributed by atoms with van der Waals surface area (Å²) >= 11 is 0. The number of nitrogens with zero attached hydrogens (tertiary/aromatic N) is 2. The van der Waals surface area contributed by atoms with Gasteiger partial charge in [0, 0.05) is 19.5 Å². The second-order valence-corrected chi connectivity index (χ2v) is 5.68. The largest absolute Gasteiger partial charge is 0.497 e. The summed E-state index contributed by atoms with van der Waals surface area (Å²) in [6.45, 7) is 4.13. The minimum Gasteiger partial charge on any atom is -0.497 e. The number of amides is 2. The first-order valence-corrected chi connectivity index (χ1v) is 7.44. The van der Waals surface area contributed by atoms with Gasteiger partial charge in [-0.2, -0.15) is 0 Å². The summed E-state index contributed by atoms with van der Waals surface area (Å²) in [6.07, 6.45) is 1.67. The molecule has 6 nitrogen and oxygen atoms in total. The van der Waals surface area contributed by atoms with Crippen molar-refractivity contribution >= 4 is 17.6 Å². The number of piperazine rings is 1. The van der Waals surface area contributed by atoms with Crippen LogP contribution in [0.15, 0.2) is 36.9 Å². The molecule has 0 N–H and O–H groups in total. The lowest BCUT2D eigenvalue weighted by Crippen LogP contribution is -2.71. The molecule has 4 rings (SSSR count). The molecular weight excluding hydrogens is 296 g/mol. The number of benzene rings is 1. The van der Waals surface area contributed by atoms with Gasteiger partial charge >= 0.3 is 0 Å². The number of ketones is 1. The zero-order chi connectivity index (χ0) is 16.6. The Bertz CT molecular complexity index is 668. The average molecular weight is 314 g/mol. The summed E-state index contributed by atoms with van der Waals surface area (Å²) in [6, 6.07) is 5.52. The molecule has 6 heteroatoms. The van der Waals surface area contributed by atoms with Gasteiger partial charge in [-0.25, -0.2) is 0 Å². The lowest BCUT2D eigenvalue weighted by atomic mass is 9.87. The Labute approximate surface area is 134 Å². The fraction of sp³-hybridized carbons (Fsp3) is 0.353. The van der Waals surface area contributed by atoms with E-state index >= 15 is 0 Å². The summed E-state index contributed by atoms with van der Waals surface area (Å²) in [5.41, 5.74) is 0.850. The number of rotatable bonds is 5. The predicted molar refractivity (Wildman–Crippen MR) is 82.7 cm³/mol. The first-order valence-electron chi connectivity index (χ1n) is 7.44. The van der Waals surface area contributed by atoms with Crippen molar-refractivity contribution in [2.75, 3.05) is 13.7 Å². The fourth-order valence-electron chi connectivity index (χ4n) is 3.16. The number of ether oxygens (including phenoxy) is 1. The number of hydrogen-bond acceptors (Lipinski definition) is 4. The van der Waals surface area contributed by atoms with E-state index in [1.165, 1.54) is 9.80 Å². The molecule has 0 radical (unpaired) electrons. The SMILES string of the molecule is C=CCN1C(=O)[C@@H]2C(=O)C[C@H]1C(=O)N2Cc1ccc(OC)cc1. The quantitative estimate of drug-likeness (QED) is 0.594. The molecule has 0 aromatic heterocycles. The third-order valence-corrected chi connectivity index (χ3v) is 4.31. The van der Waals surface area contributed by atoms with Crippen LogP contribution >= 0.6 is 0 Å². The number of hydrogen-bond donors (Lipinski definition) is 0. The minimum atomic E-state index is -1.01. The molecule has 0 saturated carbocycles. The molecule has 3 heterocycles. The van der Waals surface area contributed by atoms with Crippen LogP contribution in [0.1, 0.15) is 12.0 Å². The average Bonchev–Trinajstić information content (AvgIpc) is 2.55. The maximum atomic E-state index is 12.6. The number of carbonyl (C=O) groups excluding carboxylic acids is 3. The highest BCUT2D eigenvalue weighted by Crippen LogP contribution is 2.30. The van der Waals surface area contributed by atoms with E-state index in [-0.39, 0.29) is 37.1 Å². The van der Waals surface area contributed by atoms with E-state index in [0.717, 1.165) is 5.56 Å². The van der Waals surface area contributed by atoms with Gasteiger partial charge in [0.25, 0.3) is 5.91 Å². The van der Waals surface area contributed by atoms with E-state index < -0.39 is 12.1 Å². The molecule has 0 aliphatic carbocycles. The van der Waals surface area contributed by atoms with E-state index in [1.807, 2.05) is 12.1 Å². The summed E-state index contributed by atoms with van der Waals surface area (Å²) < 4.78 is 5.10. The zero-order valence-corrected chi connectivity index (χ0v) is 12.9. The van der Waals surface area contributed by atoms with E-state index in [0.29, 0.717) is 5.75 Å². The summed E-state index contributed by atoms with van der Waals surface area (Å²) in [5.74, 6) is 0.0455. The Morgan fingerprint density at radius 3 is 2.48 bits per heavy atom. The molecule has 23 heavy (non-hydrogen) atoms. The maximum absolute atomic E-state index is 12.6. The van der Waals surface area contributed by atoms with Gasteiger partial charge in [-0.15, -0.1) is 6.58 Å². The van der Waals surface area contributed by atoms with Crippen molar-refractivity contribution < 1.29 is 19.1 Å². The zero-order valence-electron chi connectivity index (χ0n) is 12.9. The Morgan fingerprint density at radius 1 is 1.17 bits per heavy atom. The van der Waals surface area contributed by atoms with E-state index in [1.54, 1.807) is 25.3 Å². The van der Waals surface area contributed by atoms with Crippen molar-refractivity contribution in [2.45, 2.75) is 25.0 Å². The lowest BCUT2D eigenvalue weighted by Gasteiger charge is -2.48. The first kappa shape index (κ1) is 15.3. The van der Waals surface area contributed by atoms with Crippen LogP contribution in [0.3, 0.4) is 0 Å². The molecule has 0 unspecified atom stereocenters. The monoisotopic (exact) mass is 314 g/mol. The molecule has 120 valence electrons. The molecule has 1 aromatic rings. The highest BCUT2D eigenvalue weighted by molar-refractivity contribution is 6.16. The second kappa shape index (κ2) is 5.87. The molecule has 1 aromatic carbocycles. The van der Waals surface area contributed by atoms with Crippen LogP contribution in [0.2, 0.25) is 0 Å². The van der Waals surface area contributed by atoms with Gasteiger partial charge in [-0.05, 0) is 17.7 Å². The van der Waals surface area contributed by atoms with Crippen LogP contribution in [-0.4, -0.2) is 53.1 Å². The van der Waals surface area contributed by atoms with Crippen molar-refractivity contribution in [1.29, 1.82) is 0 Å². The van der Waals surface area contributed by atoms with Crippen LogP contribution < -0.4 is 4.74 Å². The number of Topliss-reactive ketones (excluding diaryl/α,β-unsaturated/α-hetero) is 1. The third kappa shape index (κ3) is 2.50. The highest BCUT2D eigenvalue weighted by Gasteiger charge is 2.54. The summed E-state index contributed by atoms with van der Waals surface area (Å²) in [4.78, 5) is 40.1. The Kier molecular flexibility index (Phi) is 3.90. The highest BCUT2D eigenvalue weighted by atomic mass is 16.5. The number of piperidine rings is 2. The molecule has 3 fully saturated rings. The molecular formula is C17H18N2O4. The number of fused-ring (bicyclic) bond motifs is 3. The van der Waals surface area contributed by atoms with Gasteiger partial charge in [-0.1, -0.05) is 18.2 Å². The molecule has 2 amide bonds. The summed E-state index contributed by atoms with van der Waals surface area (Å²) in [7, 11) is 1.58. The normalized spacial score (nSPS) is 23.4. The van der Waals surface area contributed by atoms with Gasteiger partial charge in [0.05, 0.1) is 7.11 Å². The molecule has 3 aliphatic heterocycles. The Morgan fingerprint density at radius 2 is 1.87 bits per heavy atom. The topological polar surface area (TPSA) is 66.9 Å². The van der Waals surface area contributed by atoms with E-state index in [9.17, 15) is 14.4 Å². The van der Waals surface area contributed by atoms with Crippen molar-refractivity contribution in [3.63, 3.8) is 0 Å². The van der Waals surface area contributed by atoms with Crippen LogP contribution in [0, 0.1) is 0 Å². The van der Waals surface area contributed by atoms with Crippen molar-refractivity contribution in [3.05, 3.63) is 42.5 Å². The number of carbonyl (C=O) groups is 3. The second-order valence-electron chi connectivity index (χ2n) is 5.68. The summed E-state index contributed by atoms with van der Waals surface area (Å²) in [5, 5.41) is 0. The van der Waals surface area contributed by atoms with E-state index in [2.05, 4.69) is 6.58 Å². The van der Waals surface area contributed by atoms with Gasteiger partial charge in [-0.3, -0.25) is 14.4 Å². The predicted octanol–water partition coefficient (Wildman–Crippen LogP) is 0.762. The van der Waals surface area contributed by atoms with Crippen molar-refractivity contribution in [3.8, 4) is 5.75 Å². The molecule has 2 atom stereocenters. The minimum absolute atomic E-state index is 0.0994. The molecule has 0 spiro atoms. The van der Waals surface area contributed by atoms with Crippen LogP contribution in [0.25, 0.3) is 0 Å². The van der Waals surface area contributed by atoms with Crippen LogP contribution in [-0.2, 0) is 20.9 Å². The van der Waals surface area contributed by atoms with Crippen molar-refractivity contribution in [1.82, 2.24) is 9.80 Å². The molecule has 3 aliphatic rings. The first-order chi connectivity index (χ1) is 11.1.